The molecule has 0 radical (unpaired) electrons. The smallest absolute Gasteiger partial charge is 0.0363 e. The zero-order chi connectivity index (χ0) is 10.5. The van der Waals surface area contributed by atoms with Crippen LogP contribution >= 0.6 is 0 Å². The van der Waals surface area contributed by atoms with Crippen LogP contribution < -0.4 is 11.1 Å². The average molecular weight is 200 g/mol. The number of benzene rings is 1. The summed E-state index contributed by atoms with van der Waals surface area (Å²) in [7, 11) is 0. The van der Waals surface area contributed by atoms with Crippen molar-refractivity contribution in [3.05, 3.63) is 48.1 Å². The standard InChI is InChI=1S/C13H16N2/c14-12-7-4-8-13(9-12)15-10-11-5-2-1-3-6-11/h1-2,4-5,7-9,15H,3,6,10,14H2. The van der Waals surface area contributed by atoms with Crippen molar-refractivity contribution in [2.45, 2.75) is 12.8 Å². The molecule has 0 saturated carbocycles. The second kappa shape index (κ2) is 4.69. The van der Waals surface area contributed by atoms with Gasteiger partial charge in [0.15, 0.2) is 0 Å². The predicted octanol–water partition coefficient (Wildman–Crippen LogP) is 2.96. The van der Waals surface area contributed by atoms with E-state index in [0.29, 0.717) is 0 Å². The van der Waals surface area contributed by atoms with Crippen molar-refractivity contribution >= 4 is 11.4 Å². The van der Waals surface area contributed by atoms with Gasteiger partial charge in [0.25, 0.3) is 0 Å². The summed E-state index contributed by atoms with van der Waals surface area (Å²) in [6.07, 6.45) is 8.82. The second-order valence-electron chi connectivity index (χ2n) is 3.77. The Bertz CT molecular complexity index is 391. The van der Waals surface area contributed by atoms with Gasteiger partial charge in [0, 0.05) is 17.9 Å². The maximum Gasteiger partial charge on any atom is 0.0363 e. The highest BCUT2D eigenvalue weighted by atomic mass is 14.9. The number of hydrogen-bond donors (Lipinski definition) is 2. The highest BCUT2D eigenvalue weighted by Gasteiger charge is 1.99. The van der Waals surface area contributed by atoms with Gasteiger partial charge in [0.1, 0.15) is 0 Å². The molecule has 1 aliphatic carbocycles. The Kier molecular flexibility index (Phi) is 3.08. The van der Waals surface area contributed by atoms with Gasteiger partial charge in [-0.1, -0.05) is 29.9 Å². The number of allylic oxidation sites excluding steroid dienone is 3. The Balaban J connectivity index is 1.93. The summed E-state index contributed by atoms with van der Waals surface area (Å²) in [5.74, 6) is 0. The Morgan fingerprint density at radius 1 is 1.33 bits per heavy atom. The van der Waals surface area contributed by atoms with Gasteiger partial charge in [-0.25, -0.2) is 0 Å². The molecular weight excluding hydrogens is 184 g/mol. The molecule has 0 amide bonds. The summed E-state index contributed by atoms with van der Waals surface area (Å²) in [5, 5.41) is 3.37. The molecular formula is C13H16N2. The van der Waals surface area contributed by atoms with Crippen LogP contribution in [-0.4, -0.2) is 6.54 Å². The van der Waals surface area contributed by atoms with Crippen molar-refractivity contribution < 1.29 is 0 Å². The van der Waals surface area contributed by atoms with Gasteiger partial charge in [-0.2, -0.15) is 0 Å². The number of hydrogen-bond acceptors (Lipinski definition) is 2. The first-order valence-electron chi connectivity index (χ1n) is 5.28. The summed E-state index contributed by atoms with van der Waals surface area (Å²) in [5.41, 5.74) is 9.04. The molecule has 78 valence electrons. The van der Waals surface area contributed by atoms with Crippen molar-refractivity contribution in [1.29, 1.82) is 0 Å². The van der Waals surface area contributed by atoms with E-state index in [9.17, 15) is 0 Å². The molecule has 15 heavy (non-hydrogen) atoms. The number of anilines is 2. The van der Waals surface area contributed by atoms with E-state index in [1.54, 1.807) is 0 Å². The van der Waals surface area contributed by atoms with Crippen LogP contribution in [0.2, 0.25) is 0 Å². The fourth-order valence-corrected chi connectivity index (χ4v) is 1.66. The Morgan fingerprint density at radius 2 is 2.27 bits per heavy atom. The number of nitrogen functional groups attached to an aromatic ring is 1. The average Bonchev–Trinajstić information content (AvgIpc) is 2.28. The molecule has 1 aliphatic rings. The molecule has 0 aliphatic heterocycles. The van der Waals surface area contributed by atoms with E-state index in [-0.39, 0.29) is 0 Å². The normalized spacial score (nSPS) is 14.8. The molecule has 0 saturated heterocycles. The van der Waals surface area contributed by atoms with Gasteiger partial charge in [-0.05, 0) is 31.0 Å². The van der Waals surface area contributed by atoms with Crippen molar-refractivity contribution in [2.75, 3.05) is 17.6 Å². The highest BCUT2D eigenvalue weighted by Crippen LogP contribution is 2.15. The first kappa shape index (κ1) is 9.84. The summed E-state index contributed by atoms with van der Waals surface area (Å²) < 4.78 is 0. The zero-order valence-electron chi connectivity index (χ0n) is 8.74. The molecule has 0 heterocycles. The molecule has 0 atom stereocenters. The molecule has 2 heteroatoms. The quantitative estimate of drug-likeness (QED) is 0.736. The summed E-state index contributed by atoms with van der Waals surface area (Å²) in [4.78, 5) is 0. The minimum absolute atomic E-state index is 0.803. The third-order valence-electron chi connectivity index (χ3n) is 2.51. The van der Waals surface area contributed by atoms with Crippen LogP contribution in [0.25, 0.3) is 0 Å². The molecule has 1 aromatic rings. The summed E-state index contributed by atoms with van der Waals surface area (Å²) >= 11 is 0. The lowest BCUT2D eigenvalue weighted by atomic mass is 10.1. The van der Waals surface area contributed by atoms with E-state index in [2.05, 4.69) is 23.5 Å². The lowest BCUT2D eigenvalue weighted by Crippen LogP contribution is -2.06. The van der Waals surface area contributed by atoms with Gasteiger partial charge in [-0.3, -0.25) is 0 Å². The maximum atomic E-state index is 5.70. The Morgan fingerprint density at radius 3 is 3.00 bits per heavy atom. The van der Waals surface area contributed by atoms with Crippen LogP contribution in [0, 0.1) is 0 Å². The molecule has 0 spiro atoms. The van der Waals surface area contributed by atoms with Crippen LogP contribution in [-0.2, 0) is 0 Å². The molecule has 3 N–H and O–H groups in total. The molecule has 2 nitrogen and oxygen atoms in total. The van der Waals surface area contributed by atoms with E-state index in [1.165, 1.54) is 5.57 Å². The van der Waals surface area contributed by atoms with Crippen LogP contribution in [0.1, 0.15) is 12.8 Å². The monoisotopic (exact) mass is 200 g/mol. The van der Waals surface area contributed by atoms with Crippen molar-refractivity contribution in [2.24, 2.45) is 0 Å². The molecule has 1 aromatic carbocycles. The van der Waals surface area contributed by atoms with Crippen LogP contribution in [0.3, 0.4) is 0 Å². The lowest BCUT2D eigenvalue weighted by Gasteiger charge is -2.11. The molecule has 0 aromatic heterocycles. The van der Waals surface area contributed by atoms with E-state index in [0.717, 1.165) is 30.8 Å². The van der Waals surface area contributed by atoms with Gasteiger partial charge in [0.2, 0.25) is 0 Å². The van der Waals surface area contributed by atoms with Crippen molar-refractivity contribution in [3.8, 4) is 0 Å². The Hall–Kier alpha value is -1.70. The number of nitrogens with two attached hydrogens (primary N) is 1. The third kappa shape index (κ3) is 2.88. The van der Waals surface area contributed by atoms with Gasteiger partial charge in [0.05, 0.1) is 0 Å². The number of rotatable bonds is 3. The van der Waals surface area contributed by atoms with Gasteiger partial charge >= 0.3 is 0 Å². The first-order chi connectivity index (χ1) is 7.34. The highest BCUT2D eigenvalue weighted by molar-refractivity contribution is 5.54. The molecule has 0 unspecified atom stereocenters. The SMILES string of the molecule is Nc1cccc(NCC2=CC=CCC2)c1. The van der Waals surface area contributed by atoms with Gasteiger partial charge in [-0.15, -0.1) is 0 Å². The van der Waals surface area contributed by atoms with Crippen LogP contribution in [0.4, 0.5) is 11.4 Å². The van der Waals surface area contributed by atoms with Crippen LogP contribution in [0.5, 0.6) is 0 Å². The lowest BCUT2D eigenvalue weighted by molar-refractivity contribution is 0.933. The van der Waals surface area contributed by atoms with Crippen LogP contribution in [0.15, 0.2) is 48.1 Å². The van der Waals surface area contributed by atoms with E-state index in [4.69, 9.17) is 5.73 Å². The topological polar surface area (TPSA) is 38.0 Å². The summed E-state index contributed by atoms with van der Waals surface area (Å²) in [6.45, 7) is 0.911. The zero-order valence-corrected chi connectivity index (χ0v) is 8.74. The maximum absolute atomic E-state index is 5.70. The molecule has 0 fully saturated rings. The summed E-state index contributed by atoms with van der Waals surface area (Å²) in [6, 6.07) is 7.86. The van der Waals surface area contributed by atoms with Crippen molar-refractivity contribution in [3.63, 3.8) is 0 Å². The predicted molar refractivity (Wildman–Crippen MR) is 65.8 cm³/mol. The van der Waals surface area contributed by atoms with E-state index in [1.807, 2.05) is 24.3 Å². The van der Waals surface area contributed by atoms with Crippen molar-refractivity contribution in [1.82, 2.24) is 0 Å². The minimum Gasteiger partial charge on any atom is -0.399 e. The van der Waals surface area contributed by atoms with E-state index >= 15 is 0 Å². The minimum atomic E-state index is 0.803. The third-order valence-corrected chi connectivity index (χ3v) is 2.51. The fourth-order valence-electron chi connectivity index (χ4n) is 1.66. The molecule has 2 rings (SSSR count). The second-order valence-corrected chi connectivity index (χ2v) is 3.77. The Labute approximate surface area is 90.5 Å². The number of nitrogens with one attached hydrogen (secondary N) is 1. The molecule has 0 bridgehead atoms. The largest absolute Gasteiger partial charge is 0.399 e. The van der Waals surface area contributed by atoms with Gasteiger partial charge < -0.3 is 11.1 Å². The first-order valence-corrected chi connectivity index (χ1v) is 5.28. The fraction of sp³-hybridized carbons (Fsp3) is 0.231. The van der Waals surface area contributed by atoms with E-state index < -0.39 is 0 Å².